The predicted octanol–water partition coefficient (Wildman–Crippen LogP) is 6.43. The summed E-state index contributed by atoms with van der Waals surface area (Å²) in [6, 6.07) is 16.6. The molecular formula is C23H24ClN3S. The number of hydrogen-bond acceptors (Lipinski definition) is 3. The molecular weight excluding hydrogens is 386 g/mol. The van der Waals surface area contributed by atoms with Gasteiger partial charge in [-0.3, -0.25) is 4.68 Å². The third-order valence-corrected chi connectivity index (χ3v) is 7.00. The second-order valence-electron chi connectivity index (χ2n) is 7.78. The number of nitrogens with zero attached hydrogens (tertiary/aromatic N) is 3. The first-order valence-electron chi connectivity index (χ1n) is 9.40. The molecule has 2 aromatic carbocycles. The van der Waals surface area contributed by atoms with Crippen molar-refractivity contribution in [1.29, 1.82) is 0 Å². The Kier molecular flexibility index (Phi) is 4.88. The van der Waals surface area contributed by atoms with E-state index >= 15 is 0 Å². The Bertz CT molecular complexity index is 1070. The molecule has 3 aromatic rings. The summed E-state index contributed by atoms with van der Waals surface area (Å²) in [4.78, 5) is 5.18. The molecule has 0 spiro atoms. The van der Waals surface area contributed by atoms with Crippen LogP contribution in [0.2, 0.25) is 5.02 Å². The number of aliphatic imine (C=N–C) groups is 1. The lowest BCUT2D eigenvalue weighted by molar-refractivity contribution is 0.758. The molecule has 1 aliphatic rings. The number of thioether (sulfide) groups is 1. The monoisotopic (exact) mass is 409 g/mol. The molecule has 0 fully saturated rings. The lowest BCUT2D eigenvalue weighted by atomic mass is 9.98. The summed E-state index contributed by atoms with van der Waals surface area (Å²) >= 11 is 8.17. The highest BCUT2D eigenvalue weighted by Gasteiger charge is 2.38. The van der Waals surface area contributed by atoms with E-state index in [1.807, 2.05) is 41.7 Å². The van der Waals surface area contributed by atoms with Crippen LogP contribution in [0, 0.1) is 13.8 Å². The van der Waals surface area contributed by atoms with Gasteiger partial charge in [-0.1, -0.05) is 48.0 Å². The molecule has 4 rings (SSSR count). The van der Waals surface area contributed by atoms with E-state index in [9.17, 15) is 0 Å². The van der Waals surface area contributed by atoms with E-state index in [2.05, 4.69) is 58.0 Å². The summed E-state index contributed by atoms with van der Waals surface area (Å²) in [5.74, 6) is 0.939. The van der Waals surface area contributed by atoms with Gasteiger partial charge >= 0.3 is 0 Å². The van der Waals surface area contributed by atoms with Crippen LogP contribution in [0.5, 0.6) is 0 Å². The predicted molar refractivity (Wildman–Crippen MR) is 120 cm³/mol. The number of benzene rings is 2. The van der Waals surface area contributed by atoms with Crippen molar-refractivity contribution in [2.24, 2.45) is 12.0 Å². The number of hydrogen-bond donors (Lipinski definition) is 0. The standard InChI is InChI=1S/C23H24ClN3S/c1-14-13-17(24)11-12-18(14)20-19-15(2)26-27(5)22(19)25-21(23(3,4)28-20)16-9-7-6-8-10-16/h6-13,20H,1-5H3. The van der Waals surface area contributed by atoms with Crippen LogP contribution in [0.15, 0.2) is 53.5 Å². The summed E-state index contributed by atoms with van der Waals surface area (Å²) in [5, 5.41) is 5.61. The maximum atomic E-state index is 6.24. The van der Waals surface area contributed by atoms with E-state index in [1.165, 1.54) is 16.7 Å². The van der Waals surface area contributed by atoms with Gasteiger partial charge in [0.2, 0.25) is 0 Å². The van der Waals surface area contributed by atoms with Gasteiger partial charge in [0.15, 0.2) is 5.82 Å². The lowest BCUT2D eigenvalue weighted by Gasteiger charge is -2.29. The van der Waals surface area contributed by atoms with Crippen LogP contribution in [0.3, 0.4) is 0 Å². The Morgan fingerprint density at radius 3 is 2.46 bits per heavy atom. The van der Waals surface area contributed by atoms with Crippen LogP contribution in [-0.2, 0) is 7.05 Å². The van der Waals surface area contributed by atoms with Gasteiger partial charge in [0.25, 0.3) is 0 Å². The smallest absolute Gasteiger partial charge is 0.155 e. The molecule has 0 radical (unpaired) electrons. The highest BCUT2D eigenvalue weighted by molar-refractivity contribution is 8.01. The molecule has 1 unspecified atom stereocenters. The van der Waals surface area contributed by atoms with E-state index in [0.29, 0.717) is 0 Å². The molecule has 0 aliphatic carbocycles. The first-order valence-corrected chi connectivity index (χ1v) is 10.7. The molecule has 144 valence electrons. The largest absolute Gasteiger partial charge is 0.250 e. The summed E-state index contributed by atoms with van der Waals surface area (Å²) in [6.07, 6.45) is 0. The van der Waals surface area contributed by atoms with Crippen LogP contribution < -0.4 is 0 Å². The fourth-order valence-corrected chi connectivity index (χ4v) is 5.79. The molecule has 0 bridgehead atoms. The first-order chi connectivity index (χ1) is 13.3. The topological polar surface area (TPSA) is 30.2 Å². The SMILES string of the molecule is Cc1cc(Cl)ccc1C1SC(C)(C)C(c2ccccc2)=Nc2c1c(C)nn2C. The van der Waals surface area contributed by atoms with Crippen LogP contribution in [0.1, 0.15) is 47.0 Å². The summed E-state index contributed by atoms with van der Waals surface area (Å²) in [6.45, 7) is 8.73. The van der Waals surface area contributed by atoms with E-state index in [1.54, 1.807) is 0 Å². The average Bonchev–Trinajstić information content (AvgIpc) is 2.83. The highest BCUT2D eigenvalue weighted by atomic mass is 35.5. The zero-order valence-electron chi connectivity index (χ0n) is 16.8. The van der Waals surface area contributed by atoms with Crippen molar-refractivity contribution < 1.29 is 0 Å². The van der Waals surface area contributed by atoms with Gasteiger partial charge in [-0.15, -0.1) is 11.8 Å². The minimum atomic E-state index is -0.177. The summed E-state index contributed by atoms with van der Waals surface area (Å²) in [7, 11) is 1.98. The fourth-order valence-electron chi connectivity index (χ4n) is 3.91. The Hall–Kier alpha value is -2.04. The molecule has 3 nitrogen and oxygen atoms in total. The maximum absolute atomic E-state index is 6.24. The third kappa shape index (κ3) is 3.29. The Labute approximate surface area is 175 Å². The van der Waals surface area contributed by atoms with Gasteiger partial charge < -0.3 is 0 Å². The molecule has 0 saturated carbocycles. The molecule has 1 aromatic heterocycles. The summed E-state index contributed by atoms with van der Waals surface area (Å²) < 4.78 is 1.73. The molecule has 0 N–H and O–H groups in total. The quantitative estimate of drug-likeness (QED) is 0.488. The van der Waals surface area contributed by atoms with Crippen molar-refractivity contribution >= 4 is 34.9 Å². The van der Waals surface area contributed by atoms with Crippen molar-refractivity contribution in [2.45, 2.75) is 37.7 Å². The zero-order valence-corrected chi connectivity index (χ0v) is 18.4. The van der Waals surface area contributed by atoms with Crippen LogP contribution in [-0.4, -0.2) is 20.2 Å². The van der Waals surface area contributed by atoms with Crippen molar-refractivity contribution in [1.82, 2.24) is 9.78 Å². The van der Waals surface area contributed by atoms with Gasteiger partial charge in [-0.2, -0.15) is 5.10 Å². The highest BCUT2D eigenvalue weighted by Crippen LogP contribution is 2.51. The third-order valence-electron chi connectivity index (χ3n) is 5.26. The van der Waals surface area contributed by atoms with Gasteiger partial charge in [-0.25, -0.2) is 4.99 Å². The second-order valence-corrected chi connectivity index (χ2v) is 9.95. The number of aromatic nitrogens is 2. The molecule has 5 heteroatoms. The lowest BCUT2D eigenvalue weighted by Crippen LogP contribution is -2.29. The zero-order chi connectivity index (χ0) is 20.1. The van der Waals surface area contributed by atoms with Crippen molar-refractivity contribution in [3.05, 3.63) is 81.5 Å². The van der Waals surface area contributed by atoms with Crippen molar-refractivity contribution in [2.75, 3.05) is 0 Å². The number of rotatable bonds is 2. The van der Waals surface area contributed by atoms with Crippen LogP contribution >= 0.6 is 23.4 Å². The Balaban J connectivity index is 1.96. The minimum Gasteiger partial charge on any atom is -0.250 e. The number of halogens is 1. The maximum Gasteiger partial charge on any atom is 0.155 e. The molecule has 1 aliphatic heterocycles. The second kappa shape index (κ2) is 7.09. The normalized spacial score (nSPS) is 18.4. The van der Waals surface area contributed by atoms with Crippen LogP contribution in [0.4, 0.5) is 5.82 Å². The molecule has 2 heterocycles. The minimum absolute atomic E-state index is 0.140. The molecule has 0 amide bonds. The molecule has 0 saturated heterocycles. The van der Waals surface area contributed by atoms with E-state index in [-0.39, 0.29) is 10.00 Å². The average molecular weight is 410 g/mol. The van der Waals surface area contributed by atoms with Crippen molar-refractivity contribution in [3.63, 3.8) is 0 Å². The Morgan fingerprint density at radius 2 is 1.79 bits per heavy atom. The van der Waals surface area contributed by atoms with E-state index in [0.717, 1.165) is 27.8 Å². The van der Waals surface area contributed by atoms with E-state index < -0.39 is 0 Å². The van der Waals surface area contributed by atoms with Gasteiger partial charge in [-0.05, 0) is 56.5 Å². The van der Waals surface area contributed by atoms with Crippen molar-refractivity contribution in [3.8, 4) is 0 Å². The molecule has 1 atom stereocenters. The molecule has 28 heavy (non-hydrogen) atoms. The van der Waals surface area contributed by atoms with Gasteiger partial charge in [0, 0.05) is 17.6 Å². The van der Waals surface area contributed by atoms with Gasteiger partial charge in [0.1, 0.15) is 0 Å². The fraction of sp³-hybridized carbons (Fsp3) is 0.304. The Morgan fingerprint density at radius 1 is 1.07 bits per heavy atom. The van der Waals surface area contributed by atoms with Crippen LogP contribution in [0.25, 0.3) is 0 Å². The number of aryl methyl sites for hydroxylation is 3. The van der Waals surface area contributed by atoms with E-state index in [4.69, 9.17) is 21.7 Å². The van der Waals surface area contributed by atoms with Gasteiger partial charge in [0.05, 0.1) is 21.4 Å². The first kappa shape index (κ1) is 19.3. The summed E-state index contributed by atoms with van der Waals surface area (Å²) in [5.41, 5.74) is 6.91. The number of fused-ring (bicyclic) bond motifs is 1.